The molecule has 1 saturated heterocycles. The van der Waals surface area contributed by atoms with Crippen LogP contribution in [-0.4, -0.2) is 30.2 Å². The molecule has 1 aliphatic carbocycles. The first kappa shape index (κ1) is 10.1. The van der Waals surface area contributed by atoms with Crippen molar-refractivity contribution in [3.05, 3.63) is 11.6 Å². The van der Waals surface area contributed by atoms with Crippen molar-refractivity contribution in [2.45, 2.75) is 39.1 Å². The summed E-state index contributed by atoms with van der Waals surface area (Å²) in [6.45, 7) is 7.54. The van der Waals surface area contributed by atoms with E-state index in [-0.39, 0.29) is 5.41 Å². The van der Waals surface area contributed by atoms with Gasteiger partial charge < -0.3 is 14.6 Å². The van der Waals surface area contributed by atoms with Crippen molar-refractivity contribution in [3.63, 3.8) is 0 Å². The third kappa shape index (κ3) is 1.60. The maximum Gasteiger partial charge on any atom is 0.214 e. The van der Waals surface area contributed by atoms with Crippen molar-refractivity contribution in [3.8, 4) is 0 Å². The van der Waals surface area contributed by atoms with E-state index in [1.165, 1.54) is 0 Å². The molecule has 0 radical (unpaired) electrons. The third-order valence-electron chi connectivity index (χ3n) is 2.76. The molecular weight excluding hydrogens is 180 g/mol. The summed E-state index contributed by atoms with van der Waals surface area (Å²) in [7, 11) is 0. The SMILES string of the molecule is CCC(O)C1=CC12OCC(C)(C)CO2. The maximum absolute atomic E-state index is 9.62. The maximum atomic E-state index is 9.62. The Kier molecular flexibility index (Phi) is 2.21. The Labute approximate surface area is 84.7 Å². The summed E-state index contributed by atoms with van der Waals surface area (Å²) in [6.07, 6.45) is 2.19. The van der Waals surface area contributed by atoms with Crippen LogP contribution in [0.15, 0.2) is 11.6 Å². The molecule has 1 atom stereocenters. The standard InChI is InChI=1S/C11H18O3/c1-4-9(12)8-5-11(8)13-6-10(2,3)7-14-11/h5,9,12H,4,6-7H2,1-3H3. The van der Waals surface area contributed by atoms with Gasteiger partial charge in [0, 0.05) is 11.0 Å². The van der Waals surface area contributed by atoms with E-state index in [2.05, 4.69) is 13.8 Å². The highest BCUT2D eigenvalue weighted by molar-refractivity contribution is 5.42. The van der Waals surface area contributed by atoms with Crippen LogP contribution in [-0.2, 0) is 9.47 Å². The minimum atomic E-state index is -0.634. The largest absolute Gasteiger partial charge is 0.389 e. The van der Waals surface area contributed by atoms with Gasteiger partial charge in [0.25, 0.3) is 0 Å². The van der Waals surface area contributed by atoms with E-state index >= 15 is 0 Å². The fourth-order valence-corrected chi connectivity index (χ4v) is 1.66. The van der Waals surface area contributed by atoms with Gasteiger partial charge in [0.1, 0.15) is 0 Å². The number of aliphatic hydroxyl groups is 1. The predicted octanol–water partition coefficient (Wildman–Crippen LogP) is 1.47. The average molecular weight is 198 g/mol. The topological polar surface area (TPSA) is 38.7 Å². The van der Waals surface area contributed by atoms with Gasteiger partial charge in [-0.15, -0.1) is 0 Å². The molecule has 1 N–H and O–H groups in total. The zero-order valence-corrected chi connectivity index (χ0v) is 9.04. The number of rotatable bonds is 2. The van der Waals surface area contributed by atoms with Crippen LogP contribution in [0.25, 0.3) is 0 Å². The monoisotopic (exact) mass is 198 g/mol. The van der Waals surface area contributed by atoms with Crippen LogP contribution in [0.2, 0.25) is 0 Å². The highest BCUT2D eigenvalue weighted by Crippen LogP contribution is 2.46. The number of hydrogen-bond acceptors (Lipinski definition) is 3. The lowest BCUT2D eigenvalue weighted by atomic mass is 9.95. The molecule has 0 amide bonds. The van der Waals surface area contributed by atoms with Gasteiger partial charge in [-0.05, 0) is 12.5 Å². The minimum absolute atomic E-state index is 0.0873. The molecule has 80 valence electrons. The normalized spacial score (nSPS) is 29.9. The van der Waals surface area contributed by atoms with Gasteiger partial charge in [-0.3, -0.25) is 0 Å². The van der Waals surface area contributed by atoms with Gasteiger partial charge in [-0.1, -0.05) is 20.8 Å². The molecule has 0 aromatic rings. The van der Waals surface area contributed by atoms with Crippen LogP contribution in [0.5, 0.6) is 0 Å². The van der Waals surface area contributed by atoms with Crippen LogP contribution >= 0.6 is 0 Å². The Morgan fingerprint density at radius 2 is 2.00 bits per heavy atom. The van der Waals surface area contributed by atoms with Crippen LogP contribution < -0.4 is 0 Å². The molecule has 3 nitrogen and oxygen atoms in total. The zero-order chi connectivity index (χ0) is 10.4. The molecule has 1 fully saturated rings. The van der Waals surface area contributed by atoms with Crippen molar-refractivity contribution in [2.75, 3.05) is 13.2 Å². The second-order valence-corrected chi connectivity index (χ2v) is 4.93. The van der Waals surface area contributed by atoms with Crippen molar-refractivity contribution in [2.24, 2.45) is 5.41 Å². The quantitative estimate of drug-likeness (QED) is 0.683. The van der Waals surface area contributed by atoms with Gasteiger partial charge in [0.05, 0.1) is 19.3 Å². The van der Waals surface area contributed by atoms with Crippen LogP contribution in [0.3, 0.4) is 0 Å². The molecule has 0 saturated carbocycles. The Morgan fingerprint density at radius 3 is 2.50 bits per heavy atom. The Hall–Kier alpha value is -0.380. The van der Waals surface area contributed by atoms with Crippen LogP contribution in [0.4, 0.5) is 0 Å². The number of hydrogen-bond donors (Lipinski definition) is 1. The number of ether oxygens (including phenoxy) is 2. The Balaban J connectivity index is 1.93. The van der Waals surface area contributed by atoms with Crippen LogP contribution in [0.1, 0.15) is 27.2 Å². The average Bonchev–Trinajstić information content (AvgIpc) is 2.85. The lowest BCUT2D eigenvalue weighted by molar-refractivity contribution is -0.233. The fraction of sp³-hybridized carbons (Fsp3) is 0.818. The molecule has 0 aromatic heterocycles. The van der Waals surface area contributed by atoms with E-state index in [4.69, 9.17) is 9.47 Å². The van der Waals surface area contributed by atoms with Gasteiger partial charge in [0.2, 0.25) is 5.79 Å². The smallest absolute Gasteiger partial charge is 0.214 e. The summed E-state index contributed by atoms with van der Waals surface area (Å²) in [4.78, 5) is 0. The van der Waals surface area contributed by atoms with Gasteiger partial charge in [0.15, 0.2) is 0 Å². The first-order chi connectivity index (χ1) is 6.49. The van der Waals surface area contributed by atoms with Crippen molar-refractivity contribution < 1.29 is 14.6 Å². The van der Waals surface area contributed by atoms with Crippen molar-refractivity contribution >= 4 is 0 Å². The lowest BCUT2D eigenvalue weighted by Gasteiger charge is -2.36. The summed E-state index contributed by atoms with van der Waals surface area (Å²) >= 11 is 0. The lowest BCUT2D eigenvalue weighted by Crippen LogP contribution is -2.42. The van der Waals surface area contributed by atoms with Crippen molar-refractivity contribution in [1.29, 1.82) is 0 Å². The molecular formula is C11H18O3. The van der Waals surface area contributed by atoms with Crippen LogP contribution in [0, 0.1) is 5.41 Å². The van der Waals surface area contributed by atoms with Crippen molar-refractivity contribution in [1.82, 2.24) is 0 Å². The molecule has 3 heteroatoms. The molecule has 0 aromatic carbocycles. The summed E-state index contributed by atoms with van der Waals surface area (Å²) < 4.78 is 11.3. The van der Waals surface area contributed by atoms with E-state index in [9.17, 15) is 5.11 Å². The van der Waals surface area contributed by atoms with E-state index in [1.54, 1.807) is 0 Å². The first-order valence-electron chi connectivity index (χ1n) is 5.18. The van der Waals surface area contributed by atoms with Gasteiger partial charge in [-0.25, -0.2) is 0 Å². The molecule has 1 heterocycles. The van der Waals surface area contributed by atoms with Gasteiger partial charge >= 0.3 is 0 Å². The second kappa shape index (κ2) is 3.05. The summed E-state index contributed by atoms with van der Waals surface area (Å²) in [5.74, 6) is -0.634. The van der Waals surface area contributed by atoms with E-state index in [0.29, 0.717) is 19.6 Å². The predicted molar refractivity (Wildman–Crippen MR) is 52.8 cm³/mol. The van der Waals surface area contributed by atoms with E-state index < -0.39 is 11.9 Å². The highest BCUT2D eigenvalue weighted by Gasteiger charge is 2.53. The number of aliphatic hydroxyl groups excluding tert-OH is 1. The molecule has 2 aliphatic rings. The molecule has 2 rings (SSSR count). The molecule has 1 aliphatic heterocycles. The second-order valence-electron chi connectivity index (χ2n) is 4.93. The summed E-state index contributed by atoms with van der Waals surface area (Å²) in [5.41, 5.74) is 0.986. The first-order valence-corrected chi connectivity index (χ1v) is 5.18. The van der Waals surface area contributed by atoms with Gasteiger partial charge in [-0.2, -0.15) is 0 Å². The molecule has 0 bridgehead atoms. The summed E-state index contributed by atoms with van der Waals surface area (Å²) in [6, 6.07) is 0. The molecule has 14 heavy (non-hydrogen) atoms. The molecule has 1 spiro atoms. The minimum Gasteiger partial charge on any atom is -0.389 e. The Bertz CT molecular complexity index is 258. The molecule has 1 unspecified atom stereocenters. The summed E-state index contributed by atoms with van der Waals surface area (Å²) in [5, 5.41) is 9.62. The third-order valence-corrected chi connectivity index (χ3v) is 2.76. The zero-order valence-electron chi connectivity index (χ0n) is 9.04. The Morgan fingerprint density at radius 1 is 1.43 bits per heavy atom. The highest BCUT2D eigenvalue weighted by atomic mass is 16.7. The van der Waals surface area contributed by atoms with E-state index in [0.717, 1.165) is 5.57 Å². The van der Waals surface area contributed by atoms with E-state index in [1.807, 2.05) is 13.0 Å². The fourth-order valence-electron chi connectivity index (χ4n) is 1.66.